The number of methoxy groups -OCH3 is 2. The predicted octanol–water partition coefficient (Wildman–Crippen LogP) is 2.91. The third-order valence-corrected chi connectivity index (χ3v) is 3.70. The molecule has 2 aromatic carbocycles. The van der Waals surface area contributed by atoms with Gasteiger partial charge in [0, 0.05) is 12.1 Å². The van der Waals surface area contributed by atoms with Crippen molar-refractivity contribution in [3.05, 3.63) is 59.2 Å². The van der Waals surface area contributed by atoms with E-state index in [1.807, 2.05) is 43.3 Å². The normalized spacial score (nSPS) is 10.2. The number of carbonyl (C=O) groups excluding carboxylic acids is 1. The highest BCUT2D eigenvalue weighted by molar-refractivity contribution is 5.79. The van der Waals surface area contributed by atoms with Crippen LogP contribution in [-0.2, 0) is 17.6 Å². The standard InChI is InChI=1S/C19H23NO3/c1-14-8-9-18(23-3)16(12-14)10-11-20-19(21)13-15-6-4-5-7-17(15)22-2/h4-9,12H,10-11,13H2,1-3H3,(H,20,21). The van der Waals surface area contributed by atoms with Crippen LogP contribution >= 0.6 is 0 Å². The Morgan fingerprint density at radius 1 is 1.00 bits per heavy atom. The van der Waals surface area contributed by atoms with E-state index in [4.69, 9.17) is 9.47 Å². The van der Waals surface area contributed by atoms with Crippen LogP contribution in [0.3, 0.4) is 0 Å². The number of hydrogen-bond donors (Lipinski definition) is 1. The first kappa shape index (κ1) is 16.9. The van der Waals surface area contributed by atoms with Gasteiger partial charge >= 0.3 is 0 Å². The molecule has 1 N–H and O–H groups in total. The molecule has 2 rings (SSSR count). The lowest BCUT2D eigenvalue weighted by Gasteiger charge is -2.11. The van der Waals surface area contributed by atoms with Gasteiger partial charge in [-0.05, 0) is 31.0 Å². The van der Waals surface area contributed by atoms with Crippen molar-refractivity contribution in [2.24, 2.45) is 0 Å². The molecule has 0 saturated heterocycles. The quantitative estimate of drug-likeness (QED) is 0.855. The minimum atomic E-state index is -0.0129. The van der Waals surface area contributed by atoms with Crippen molar-refractivity contribution < 1.29 is 14.3 Å². The Morgan fingerprint density at radius 2 is 1.70 bits per heavy atom. The smallest absolute Gasteiger partial charge is 0.224 e. The number of amides is 1. The number of aryl methyl sites for hydroxylation is 1. The summed E-state index contributed by atoms with van der Waals surface area (Å²) in [4.78, 5) is 12.1. The van der Waals surface area contributed by atoms with Gasteiger partial charge in [-0.3, -0.25) is 4.79 Å². The van der Waals surface area contributed by atoms with E-state index >= 15 is 0 Å². The van der Waals surface area contributed by atoms with Gasteiger partial charge in [0.2, 0.25) is 5.91 Å². The Kier molecular flexibility index (Phi) is 6.03. The highest BCUT2D eigenvalue weighted by Crippen LogP contribution is 2.20. The van der Waals surface area contributed by atoms with Gasteiger partial charge in [-0.25, -0.2) is 0 Å². The fraction of sp³-hybridized carbons (Fsp3) is 0.316. The second-order valence-corrected chi connectivity index (χ2v) is 5.40. The van der Waals surface area contributed by atoms with E-state index < -0.39 is 0 Å². The Morgan fingerprint density at radius 3 is 2.43 bits per heavy atom. The molecule has 0 unspecified atom stereocenters. The van der Waals surface area contributed by atoms with Crippen molar-refractivity contribution in [2.45, 2.75) is 19.8 Å². The Balaban J connectivity index is 1.89. The molecule has 0 aliphatic rings. The Bertz CT molecular complexity index is 667. The number of hydrogen-bond acceptors (Lipinski definition) is 3. The third kappa shape index (κ3) is 4.74. The van der Waals surface area contributed by atoms with E-state index in [-0.39, 0.29) is 5.91 Å². The van der Waals surface area contributed by atoms with Crippen LogP contribution in [0.1, 0.15) is 16.7 Å². The van der Waals surface area contributed by atoms with Crippen LogP contribution in [0.5, 0.6) is 11.5 Å². The summed E-state index contributed by atoms with van der Waals surface area (Å²) < 4.78 is 10.6. The lowest BCUT2D eigenvalue weighted by molar-refractivity contribution is -0.120. The molecule has 0 atom stereocenters. The lowest BCUT2D eigenvalue weighted by atomic mass is 10.1. The molecule has 0 fully saturated rings. The lowest BCUT2D eigenvalue weighted by Crippen LogP contribution is -2.27. The topological polar surface area (TPSA) is 47.6 Å². The van der Waals surface area contributed by atoms with Crippen molar-refractivity contribution in [3.63, 3.8) is 0 Å². The molecule has 0 radical (unpaired) electrons. The number of para-hydroxylation sites is 1. The molecule has 0 saturated carbocycles. The van der Waals surface area contributed by atoms with Crippen LogP contribution in [0.15, 0.2) is 42.5 Å². The van der Waals surface area contributed by atoms with Crippen LogP contribution in [-0.4, -0.2) is 26.7 Å². The molecule has 0 aromatic heterocycles. The van der Waals surface area contributed by atoms with Gasteiger partial charge in [0.25, 0.3) is 0 Å². The summed E-state index contributed by atoms with van der Waals surface area (Å²) in [6.45, 7) is 2.62. The second kappa shape index (κ2) is 8.22. The van der Waals surface area contributed by atoms with Crippen molar-refractivity contribution >= 4 is 5.91 Å². The van der Waals surface area contributed by atoms with E-state index in [0.717, 1.165) is 29.0 Å². The maximum atomic E-state index is 12.1. The van der Waals surface area contributed by atoms with Crippen LogP contribution in [0.2, 0.25) is 0 Å². The van der Waals surface area contributed by atoms with Crippen LogP contribution < -0.4 is 14.8 Å². The zero-order valence-electron chi connectivity index (χ0n) is 13.9. The first-order valence-electron chi connectivity index (χ1n) is 7.66. The van der Waals surface area contributed by atoms with E-state index in [9.17, 15) is 4.79 Å². The van der Waals surface area contributed by atoms with Gasteiger partial charge in [0.1, 0.15) is 11.5 Å². The molecule has 4 heteroatoms. The summed E-state index contributed by atoms with van der Waals surface area (Å²) in [5.41, 5.74) is 3.17. The van der Waals surface area contributed by atoms with E-state index in [0.29, 0.717) is 13.0 Å². The number of carbonyl (C=O) groups is 1. The maximum absolute atomic E-state index is 12.1. The van der Waals surface area contributed by atoms with Gasteiger partial charge in [0.15, 0.2) is 0 Å². The van der Waals surface area contributed by atoms with E-state index in [1.165, 1.54) is 5.56 Å². The van der Waals surface area contributed by atoms with Crippen molar-refractivity contribution in [3.8, 4) is 11.5 Å². The summed E-state index contributed by atoms with van der Waals surface area (Å²) in [6.07, 6.45) is 1.05. The predicted molar refractivity (Wildman–Crippen MR) is 91.1 cm³/mol. The molecular formula is C19H23NO3. The maximum Gasteiger partial charge on any atom is 0.224 e. The minimum absolute atomic E-state index is 0.0129. The van der Waals surface area contributed by atoms with Crippen molar-refractivity contribution in [2.75, 3.05) is 20.8 Å². The fourth-order valence-electron chi connectivity index (χ4n) is 2.52. The average Bonchev–Trinajstić information content (AvgIpc) is 2.55. The first-order valence-corrected chi connectivity index (χ1v) is 7.66. The third-order valence-electron chi connectivity index (χ3n) is 3.70. The summed E-state index contributed by atoms with van der Waals surface area (Å²) >= 11 is 0. The Labute approximate surface area is 137 Å². The molecule has 0 aliphatic heterocycles. The molecule has 0 bridgehead atoms. The number of rotatable bonds is 7. The average molecular weight is 313 g/mol. The summed E-state index contributed by atoms with van der Waals surface area (Å²) in [7, 11) is 3.27. The van der Waals surface area contributed by atoms with Gasteiger partial charge in [-0.15, -0.1) is 0 Å². The molecule has 2 aromatic rings. The van der Waals surface area contributed by atoms with Gasteiger partial charge in [-0.1, -0.05) is 35.9 Å². The van der Waals surface area contributed by atoms with Gasteiger partial charge in [0.05, 0.1) is 20.6 Å². The molecule has 0 heterocycles. The highest BCUT2D eigenvalue weighted by Gasteiger charge is 2.08. The number of benzene rings is 2. The number of ether oxygens (including phenoxy) is 2. The van der Waals surface area contributed by atoms with Crippen molar-refractivity contribution in [1.29, 1.82) is 0 Å². The SMILES string of the molecule is COc1ccc(C)cc1CCNC(=O)Cc1ccccc1OC. The van der Waals surface area contributed by atoms with Gasteiger partial charge in [-0.2, -0.15) is 0 Å². The van der Waals surface area contributed by atoms with Crippen LogP contribution in [0.4, 0.5) is 0 Å². The largest absolute Gasteiger partial charge is 0.496 e. The van der Waals surface area contributed by atoms with Crippen LogP contribution in [0, 0.1) is 6.92 Å². The molecule has 0 spiro atoms. The summed E-state index contributed by atoms with van der Waals surface area (Å²) in [6, 6.07) is 13.6. The zero-order chi connectivity index (χ0) is 16.7. The molecular weight excluding hydrogens is 290 g/mol. The molecule has 122 valence electrons. The Hall–Kier alpha value is -2.49. The van der Waals surface area contributed by atoms with Gasteiger partial charge < -0.3 is 14.8 Å². The monoisotopic (exact) mass is 313 g/mol. The molecule has 4 nitrogen and oxygen atoms in total. The first-order chi connectivity index (χ1) is 11.1. The highest BCUT2D eigenvalue weighted by atomic mass is 16.5. The summed E-state index contributed by atoms with van der Waals surface area (Å²) in [5.74, 6) is 1.58. The van der Waals surface area contributed by atoms with Crippen LogP contribution in [0.25, 0.3) is 0 Å². The zero-order valence-corrected chi connectivity index (χ0v) is 13.9. The van der Waals surface area contributed by atoms with Crippen molar-refractivity contribution in [1.82, 2.24) is 5.32 Å². The molecule has 1 amide bonds. The van der Waals surface area contributed by atoms with E-state index in [1.54, 1.807) is 14.2 Å². The number of nitrogens with one attached hydrogen (secondary N) is 1. The summed E-state index contributed by atoms with van der Waals surface area (Å²) in [5, 5.41) is 2.95. The molecule has 0 aliphatic carbocycles. The second-order valence-electron chi connectivity index (χ2n) is 5.40. The van der Waals surface area contributed by atoms with E-state index in [2.05, 4.69) is 11.4 Å². The molecule has 23 heavy (non-hydrogen) atoms. The minimum Gasteiger partial charge on any atom is -0.496 e. The fourth-order valence-corrected chi connectivity index (χ4v) is 2.52.